The molecule has 4 rings (SSSR count). The van der Waals surface area contributed by atoms with Gasteiger partial charge in [-0.3, -0.25) is 0 Å². The van der Waals surface area contributed by atoms with Gasteiger partial charge >= 0.3 is 0 Å². The van der Waals surface area contributed by atoms with Crippen LogP contribution in [0, 0.1) is 0 Å². The Balaban J connectivity index is 1.62. The molecule has 5 nitrogen and oxygen atoms in total. The van der Waals surface area contributed by atoms with Crippen LogP contribution in [-0.2, 0) is 13.0 Å². The van der Waals surface area contributed by atoms with Crippen LogP contribution in [0.15, 0.2) is 48.9 Å². The average molecular weight is 376 g/mol. The molecular weight excluding hydrogens is 346 g/mol. The molecule has 3 heterocycles. The van der Waals surface area contributed by atoms with E-state index in [1.165, 1.54) is 35.3 Å². The summed E-state index contributed by atoms with van der Waals surface area (Å²) < 4.78 is 4.41. The summed E-state index contributed by atoms with van der Waals surface area (Å²) in [5.74, 6) is 1.18. The molecule has 0 aliphatic rings. The minimum atomic E-state index is 0.949. The number of benzene rings is 1. The molecule has 28 heavy (non-hydrogen) atoms. The molecule has 0 fully saturated rings. The van der Waals surface area contributed by atoms with Crippen LogP contribution >= 0.6 is 0 Å². The number of pyridine rings is 1. The van der Waals surface area contributed by atoms with Crippen LogP contribution in [0.2, 0.25) is 0 Å². The highest BCUT2D eigenvalue weighted by atomic mass is 15.1. The Bertz CT molecular complexity index is 1080. The fourth-order valence-electron chi connectivity index (χ4n) is 3.82. The van der Waals surface area contributed by atoms with Crippen LogP contribution in [0.4, 0.5) is 0 Å². The molecule has 0 amide bonds. The van der Waals surface area contributed by atoms with E-state index < -0.39 is 0 Å². The van der Waals surface area contributed by atoms with E-state index in [2.05, 4.69) is 76.3 Å². The van der Waals surface area contributed by atoms with Gasteiger partial charge in [-0.15, -0.1) is 0 Å². The predicted octanol–water partition coefficient (Wildman–Crippen LogP) is 4.65. The molecule has 4 aromatic rings. The molecule has 5 heteroatoms. The number of imidazole rings is 2. The van der Waals surface area contributed by atoms with Gasteiger partial charge in [0.05, 0.1) is 11.0 Å². The van der Waals surface area contributed by atoms with E-state index in [1.807, 2.05) is 12.4 Å². The smallest absolute Gasteiger partial charge is 0.136 e. The molecule has 0 N–H and O–H groups in total. The summed E-state index contributed by atoms with van der Waals surface area (Å²) in [6.45, 7) is 7.60. The van der Waals surface area contributed by atoms with E-state index in [-0.39, 0.29) is 0 Å². The number of likely N-dealkylation sites (N-methyl/N-ethyl adjacent to an activating group) is 1. The van der Waals surface area contributed by atoms with Gasteiger partial charge in [-0.25, -0.2) is 9.97 Å². The van der Waals surface area contributed by atoms with Crippen molar-refractivity contribution in [3.63, 3.8) is 0 Å². The lowest BCUT2D eigenvalue weighted by molar-refractivity contribution is 0.328. The molecule has 0 spiro atoms. The van der Waals surface area contributed by atoms with Crippen molar-refractivity contribution < 1.29 is 0 Å². The minimum Gasteiger partial charge on any atom is -0.328 e. The summed E-state index contributed by atoms with van der Waals surface area (Å²) >= 11 is 0. The van der Waals surface area contributed by atoms with Crippen molar-refractivity contribution in [3.8, 4) is 11.1 Å². The lowest BCUT2D eigenvalue weighted by atomic mass is 10.1. The summed E-state index contributed by atoms with van der Waals surface area (Å²) in [5.41, 5.74) is 5.64. The SMILES string of the molecule is CCCCN(C)CCc1nc2cc(-c3ccc4nccn4c3)ccc2n1CC. The van der Waals surface area contributed by atoms with Crippen molar-refractivity contribution in [1.82, 2.24) is 23.8 Å². The third-order valence-corrected chi connectivity index (χ3v) is 5.48. The van der Waals surface area contributed by atoms with Crippen molar-refractivity contribution in [2.24, 2.45) is 0 Å². The fraction of sp³-hybridized carbons (Fsp3) is 0.391. The van der Waals surface area contributed by atoms with Crippen molar-refractivity contribution >= 4 is 16.7 Å². The highest BCUT2D eigenvalue weighted by Crippen LogP contribution is 2.25. The first-order valence-electron chi connectivity index (χ1n) is 10.3. The molecule has 0 aliphatic heterocycles. The Hall–Kier alpha value is -2.66. The molecule has 146 valence electrons. The largest absolute Gasteiger partial charge is 0.328 e. The molecule has 3 aromatic heterocycles. The van der Waals surface area contributed by atoms with Gasteiger partial charge in [0.25, 0.3) is 0 Å². The first-order valence-corrected chi connectivity index (χ1v) is 10.3. The third kappa shape index (κ3) is 3.67. The zero-order valence-corrected chi connectivity index (χ0v) is 17.1. The van der Waals surface area contributed by atoms with E-state index >= 15 is 0 Å². The lowest BCUT2D eigenvalue weighted by Gasteiger charge is -2.16. The first-order chi connectivity index (χ1) is 13.7. The molecule has 0 bridgehead atoms. The number of rotatable bonds is 8. The van der Waals surface area contributed by atoms with Crippen LogP contribution < -0.4 is 0 Å². The molecule has 0 aliphatic carbocycles. The van der Waals surface area contributed by atoms with E-state index in [1.54, 1.807) is 0 Å². The number of fused-ring (bicyclic) bond motifs is 2. The van der Waals surface area contributed by atoms with Gasteiger partial charge in [-0.2, -0.15) is 0 Å². The second kappa shape index (κ2) is 8.15. The molecule has 0 radical (unpaired) electrons. The first kappa shape index (κ1) is 18.7. The fourth-order valence-corrected chi connectivity index (χ4v) is 3.82. The van der Waals surface area contributed by atoms with Gasteiger partial charge in [-0.05, 0) is 62.3 Å². The normalized spacial score (nSPS) is 11.9. The quantitative estimate of drug-likeness (QED) is 0.450. The zero-order chi connectivity index (χ0) is 19.5. The standard InChI is InChI=1S/C23H29N5/c1-4-6-13-26(3)14-11-23-25-20-16-18(7-9-21(20)28(23)5-2)19-8-10-22-24-12-15-27(22)17-19/h7-10,12,15-17H,4-6,11,13-14H2,1-3H3. The van der Waals surface area contributed by atoms with Gasteiger partial charge in [0.1, 0.15) is 11.5 Å². The number of unbranched alkanes of at least 4 members (excludes halogenated alkanes) is 1. The predicted molar refractivity (Wildman–Crippen MR) is 116 cm³/mol. The van der Waals surface area contributed by atoms with Crippen molar-refractivity contribution in [2.75, 3.05) is 20.1 Å². The molecule has 0 saturated heterocycles. The average Bonchev–Trinajstić information content (AvgIpc) is 3.33. The maximum absolute atomic E-state index is 4.99. The number of aromatic nitrogens is 4. The van der Waals surface area contributed by atoms with E-state index in [9.17, 15) is 0 Å². The number of hydrogen-bond donors (Lipinski definition) is 0. The summed E-state index contributed by atoms with van der Waals surface area (Å²) in [4.78, 5) is 11.7. The molecule has 1 aromatic carbocycles. The Morgan fingerprint density at radius 3 is 2.71 bits per heavy atom. The molecular formula is C23H29N5. The summed E-state index contributed by atoms with van der Waals surface area (Å²) in [6, 6.07) is 10.8. The van der Waals surface area contributed by atoms with E-state index in [0.717, 1.165) is 37.2 Å². The highest BCUT2D eigenvalue weighted by molar-refractivity contribution is 5.82. The molecule has 0 unspecified atom stereocenters. The number of hydrogen-bond acceptors (Lipinski definition) is 3. The maximum Gasteiger partial charge on any atom is 0.136 e. The zero-order valence-electron chi connectivity index (χ0n) is 17.1. The third-order valence-electron chi connectivity index (χ3n) is 5.48. The van der Waals surface area contributed by atoms with Gasteiger partial charge < -0.3 is 13.9 Å². The van der Waals surface area contributed by atoms with Crippen LogP contribution in [-0.4, -0.2) is 44.0 Å². The van der Waals surface area contributed by atoms with Crippen LogP contribution in [0.25, 0.3) is 27.8 Å². The summed E-state index contributed by atoms with van der Waals surface area (Å²) in [5, 5.41) is 0. The minimum absolute atomic E-state index is 0.949. The van der Waals surface area contributed by atoms with Crippen LogP contribution in [0.3, 0.4) is 0 Å². The van der Waals surface area contributed by atoms with Gasteiger partial charge in [-0.1, -0.05) is 19.4 Å². The van der Waals surface area contributed by atoms with E-state index in [4.69, 9.17) is 4.98 Å². The van der Waals surface area contributed by atoms with Crippen molar-refractivity contribution in [1.29, 1.82) is 0 Å². The Morgan fingerprint density at radius 2 is 1.89 bits per heavy atom. The van der Waals surface area contributed by atoms with Crippen molar-refractivity contribution in [2.45, 2.75) is 39.7 Å². The maximum atomic E-state index is 4.99. The number of aryl methyl sites for hydroxylation is 1. The Labute approximate surface area is 166 Å². The topological polar surface area (TPSA) is 38.4 Å². The summed E-state index contributed by atoms with van der Waals surface area (Å²) in [7, 11) is 2.21. The van der Waals surface area contributed by atoms with Gasteiger partial charge in [0, 0.05) is 38.1 Å². The Morgan fingerprint density at radius 1 is 1.04 bits per heavy atom. The van der Waals surface area contributed by atoms with Crippen LogP contribution in [0.5, 0.6) is 0 Å². The highest BCUT2D eigenvalue weighted by Gasteiger charge is 2.12. The van der Waals surface area contributed by atoms with Gasteiger partial charge in [0.2, 0.25) is 0 Å². The lowest BCUT2D eigenvalue weighted by Crippen LogP contribution is -2.23. The van der Waals surface area contributed by atoms with Crippen molar-refractivity contribution in [3.05, 3.63) is 54.7 Å². The second-order valence-corrected chi connectivity index (χ2v) is 7.49. The Kier molecular flexibility index (Phi) is 5.44. The monoisotopic (exact) mass is 375 g/mol. The van der Waals surface area contributed by atoms with E-state index in [0.29, 0.717) is 0 Å². The second-order valence-electron chi connectivity index (χ2n) is 7.49. The summed E-state index contributed by atoms with van der Waals surface area (Å²) in [6.07, 6.45) is 9.42. The van der Waals surface area contributed by atoms with Gasteiger partial charge in [0.15, 0.2) is 0 Å². The molecule has 0 saturated carbocycles. The van der Waals surface area contributed by atoms with Crippen LogP contribution in [0.1, 0.15) is 32.5 Å². The molecule has 0 atom stereocenters. The number of nitrogens with zero attached hydrogens (tertiary/aromatic N) is 5.